The molecule has 0 saturated carbocycles. The van der Waals surface area contributed by atoms with Crippen LogP contribution in [-0.2, 0) is 4.74 Å². The topological polar surface area (TPSA) is 128 Å². The molecular weight excluding hydrogens is 252 g/mol. The van der Waals surface area contributed by atoms with Gasteiger partial charge in [-0.3, -0.25) is 15.5 Å². The number of ether oxygens (including phenoxy) is 1. The second-order valence-electron chi connectivity index (χ2n) is 4.20. The maximum Gasteiger partial charge on any atom is 0.329 e. The van der Waals surface area contributed by atoms with Gasteiger partial charge in [0.1, 0.15) is 6.20 Å². The summed E-state index contributed by atoms with van der Waals surface area (Å²) in [4.78, 5) is 18.0. The summed E-state index contributed by atoms with van der Waals surface area (Å²) in [5, 5.41) is 13.8. The summed E-state index contributed by atoms with van der Waals surface area (Å²) < 4.78 is 5.54. The Morgan fingerprint density at radius 2 is 2.42 bits per heavy atom. The maximum atomic E-state index is 10.9. The zero-order valence-corrected chi connectivity index (χ0v) is 10.3. The molecule has 1 unspecified atom stereocenters. The molecule has 9 nitrogen and oxygen atoms in total. The highest BCUT2D eigenvalue weighted by molar-refractivity contribution is 5.56. The van der Waals surface area contributed by atoms with Crippen LogP contribution < -0.4 is 16.6 Å². The smallest absolute Gasteiger partial charge is 0.329 e. The molecular formula is C10H16N6O3. The molecule has 104 valence electrons. The predicted octanol–water partition coefficient (Wildman–Crippen LogP) is 0.651. The first-order valence-electron chi connectivity index (χ1n) is 6.04. The molecule has 2 heterocycles. The van der Waals surface area contributed by atoms with Crippen molar-refractivity contribution < 1.29 is 9.66 Å². The maximum absolute atomic E-state index is 10.9. The van der Waals surface area contributed by atoms with E-state index < -0.39 is 4.92 Å². The Morgan fingerprint density at radius 1 is 1.58 bits per heavy atom. The van der Waals surface area contributed by atoms with E-state index in [0.29, 0.717) is 6.54 Å². The molecule has 0 spiro atoms. The van der Waals surface area contributed by atoms with Crippen molar-refractivity contribution in [3.63, 3.8) is 0 Å². The molecule has 0 bridgehead atoms. The fourth-order valence-electron chi connectivity index (χ4n) is 1.89. The molecule has 1 aliphatic rings. The lowest BCUT2D eigenvalue weighted by Crippen LogP contribution is -2.27. The normalized spacial score (nSPS) is 18.9. The van der Waals surface area contributed by atoms with Gasteiger partial charge in [0.05, 0.1) is 11.0 Å². The van der Waals surface area contributed by atoms with E-state index in [9.17, 15) is 10.1 Å². The van der Waals surface area contributed by atoms with Gasteiger partial charge in [-0.2, -0.15) is 4.98 Å². The van der Waals surface area contributed by atoms with Gasteiger partial charge in [-0.05, 0) is 19.3 Å². The Morgan fingerprint density at radius 3 is 3.05 bits per heavy atom. The van der Waals surface area contributed by atoms with E-state index in [-0.39, 0.29) is 23.6 Å². The minimum Gasteiger partial charge on any atom is -0.376 e. The van der Waals surface area contributed by atoms with Gasteiger partial charge in [-0.25, -0.2) is 10.8 Å². The molecule has 1 aliphatic heterocycles. The van der Waals surface area contributed by atoms with Crippen molar-refractivity contribution in [2.24, 2.45) is 5.84 Å². The van der Waals surface area contributed by atoms with E-state index in [2.05, 4.69) is 20.7 Å². The van der Waals surface area contributed by atoms with Crippen LogP contribution in [0.4, 0.5) is 17.5 Å². The number of nitrogens with zero attached hydrogens (tertiary/aromatic N) is 3. The van der Waals surface area contributed by atoms with Gasteiger partial charge in [0.25, 0.3) is 0 Å². The molecule has 0 amide bonds. The Labute approximate surface area is 109 Å². The largest absolute Gasteiger partial charge is 0.376 e. The molecule has 4 N–H and O–H groups in total. The lowest BCUT2D eigenvalue weighted by atomic mass is 10.1. The third-order valence-corrected chi connectivity index (χ3v) is 2.87. The van der Waals surface area contributed by atoms with Crippen LogP contribution in [0, 0.1) is 10.1 Å². The van der Waals surface area contributed by atoms with E-state index >= 15 is 0 Å². The first kappa shape index (κ1) is 13.4. The van der Waals surface area contributed by atoms with E-state index in [1.165, 1.54) is 0 Å². The fraction of sp³-hybridized carbons (Fsp3) is 0.600. The van der Waals surface area contributed by atoms with Crippen molar-refractivity contribution in [2.45, 2.75) is 25.4 Å². The molecule has 0 aromatic carbocycles. The highest BCUT2D eigenvalue weighted by Gasteiger charge is 2.19. The molecule has 1 aromatic rings. The summed E-state index contributed by atoms with van der Waals surface area (Å²) in [5.41, 5.74) is 2.07. The van der Waals surface area contributed by atoms with E-state index in [4.69, 9.17) is 10.6 Å². The molecule has 0 aliphatic carbocycles. The summed E-state index contributed by atoms with van der Waals surface area (Å²) in [6.45, 7) is 1.20. The van der Waals surface area contributed by atoms with Gasteiger partial charge in [0, 0.05) is 13.2 Å². The lowest BCUT2D eigenvalue weighted by Gasteiger charge is -2.22. The quantitative estimate of drug-likeness (QED) is 0.403. The molecule has 1 saturated heterocycles. The first-order valence-corrected chi connectivity index (χ1v) is 6.04. The van der Waals surface area contributed by atoms with E-state index in [0.717, 1.165) is 32.1 Å². The highest BCUT2D eigenvalue weighted by Crippen LogP contribution is 2.22. The Hall–Kier alpha value is -2.00. The lowest BCUT2D eigenvalue weighted by molar-refractivity contribution is -0.384. The van der Waals surface area contributed by atoms with E-state index in [1.54, 1.807) is 0 Å². The zero-order chi connectivity index (χ0) is 13.7. The van der Waals surface area contributed by atoms with Crippen molar-refractivity contribution >= 4 is 17.5 Å². The Balaban J connectivity index is 2.06. The highest BCUT2D eigenvalue weighted by atomic mass is 16.6. The van der Waals surface area contributed by atoms with Crippen LogP contribution in [-0.4, -0.2) is 34.1 Å². The van der Waals surface area contributed by atoms with Crippen LogP contribution in [0.1, 0.15) is 19.3 Å². The summed E-state index contributed by atoms with van der Waals surface area (Å²) >= 11 is 0. The summed E-state index contributed by atoms with van der Waals surface area (Å²) in [6, 6.07) is 0. The SMILES string of the molecule is NNc1ncc([N+](=O)[O-])c(NCC2CCCCO2)n1. The molecule has 2 rings (SSSR count). The predicted molar refractivity (Wildman–Crippen MR) is 68.6 cm³/mol. The van der Waals surface area contributed by atoms with Gasteiger partial charge in [0.15, 0.2) is 0 Å². The van der Waals surface area contributed by atoms with Gasteiger partial charge < -0.3 is 10.1 Å². The van der Waals surface area contributed by atoms with Gasteiger partial charge in [0.2, 0.25) is 11.8 Å². The third kappa shape index (κ3) is 3.48. The third-order valence-electron chi connectivity index (χ3n) is 2.87. The van der Waals surface area contributed by atoms with Crippen LogP contribution >= 0.6 is 0 Å². The van der Waals surface area contributed by atoms with Crippen molar-refractivity contribution in [3.05, 3.63) is 16.3 Å². The number of rotatable bonds is 5. The monoisotopic (exact) mass is 268 g/mol. The van der Waals surface area contributed by atoms with Gasteiger partial charge >= 0.3 is 5.69 Å². The van der Waals surface area contributed by atoms with E-state index in [1.807, 2.05) is 0 Å². The average Bonchev–Trinajstić information content (AvgIpc) is 2.45. The number of aromatic nitrogens is 2. The molecule has 0 radical (unpaired) electrons. The number of nitrogen functional groups attached to an aromatic ring is 1. The van der Waals surface area contributed by atoms with Crippen molar-refractivity contribution in [3.8, 4) is 0 Å². The van der Waals surface area contributed by atoms with Crippen molar-refractivity contribution in [2.75, 3.05) is 23.9 Å². The standard InChI is InChI=1S/C10H16N6O3/c11-15-10-13-6-8(16(17)18)9(14-10)12-5-7-3-1-2-4-19-7/h6-7H,1-5,11H2,(H2,12,13,14,15). The minimum atomic E-state index is -0.537. The average molecular weight is 268 g/mol. The number of nitrogens with two attached hydrogens (primary N) is 1. The van der Waals surface area contributed by atoms with Crippen LogP contribution in [0.25, 0.3) is 0 Å². The molecule has 1 atom stereocenters. The summed E-state index contributed by atoms with van der Waals surface area (Å²) in [7, 11) is 0. The number of anilines is 2. The fourth-order valence-corrected chi connectivity index (χ4v) is 1.89. The minimum absolute atomic E-state index is 0.0533. The van der Waals surface area contributed by atoms with Gasteiger partial charge in [-0.1, -0.05) is 0 Å². The second kappa shape index (κ2) is 6.25. The molecule has 19 heavy (non-hydrogen) atoms. The molecule has 9 heteroatoms. The van der Waals surface area contributed by atoms with Crippen LogP contribution in [0.5, 0.6) is 0 Å². The number of hydrogen-bond acceptors (Lipinski definition) is 8. The Bertz CT molecular complexity index is 449. The number of hydrogen-bond donors (Lipinski definition) is 3. The van der Waals surface area contributed by atoms with Crippen molar-refractivity contribution in [1.29, 1.82) is 0 Å². The van der Waals surface area contributed by atoms with Crippen LogP contribution in [0.15, 0.2) is 6.20 Å². The number of nitro groups is 1. The Kier molecular flexibility index (Phi) is 4.42. The number of hydrazine groups is 1. The van der Waals surface area contributed by atoms with Gasteiger partial charge in [-0.15, -0.1) is 0 Å². The van der Waals surface area contributed by atoms with Crippen molar-refractivity contribution in [1.82, 2.24) is 9.97 Å². The summed E-state index contributed by atoms with van der Waals surface area (Å²) in [5.74, 6) is 5.45. The van der Waals surface area contributed by atoms with Crippen LogP contribution in [0.2, 0.25) is 0 Å². The zero-order valence-electron chi connectivity index (χ0n) is 10.3. The molecule has 1 fully saturated rings. The first-order chi connectivity index (χ1) is 9.20. The summed E-state index contributed by atoms with van der Waals surface area (Å²) in [6.07, 6.45) is 4.27. The second-order valence-corrected chi connectivity index (χ2v) is 4.20. The van der Waals surface area contributed by atoms with Crippen LogP contribution in [0.3, 0.4) is 0 Å². The molecule has 1 aromatic heterocycles. The number of nitrogens with one attached hydrogen (secondary N) is 2.